The molecule has 0 unspecified atom stereocenters. The molecule has 0 aliphatic heterocycles. The predicted molar refractivity (Wildman–Crippen MR) is 89.6 cm³/mol. The number of H-pyrrole nitrogens is 1. The van der Waals surface area contributed by atoms with Gasteiger partial charge < -0.3 is 0 Å². The number of benzene rings is 1. The van der Waals surface area contributed by atoms with Crippen LogP contribution in [0.2, 0.25) is 0 Å². The van der Waals surface area contributed by atoms with E-state index in [0.717, 1.165) is 4.52 Å². The van der Waals surface area contributed by atoms with Crippen molar-refractivity contribution in [2.75, 3.05) is 0 Å². The number of rotatable bonds is 3. The Labute approximate surface area is 144 Å². The Kier molecular flexibility index (Phi) is 3.66. The zero-order valence-corrected chi connectivity index (χ0v) is 13.4. The van der Waals surface area contributed by atoms with E-state index >= 15 is 0 Å². The molecule has 9 heteroatoms. The van der Waals surface area contributed by atoms with E-state index in [1.165, 1.54) is 30.1 Å². The summed E-state index contributed by atoms with van der Waals surface area (Å²) in [6.07, 6.45) is 2.93. The van der Waals surface area contributed by atoms with E-state index in [9.17, 15) is 9.18 Å². The van der Waals surface area contributed by atoms with Gasteiger partial charge in [0, 0.05) is 17.3 Å². The number of halogens is 1. The fourth-order valence-electron chi connectivity index (χ4n) is 2.50. The highest BCUT2D eigenvalue weighted by atomic mass is 32.2. The molecule has 122 valence electrons. The van der Waals surface area contributed by atoms with E-state index in [-0.39, 0.29) is 17.0 Å². The minimum Gasteiger partial charge on any atom is -0.285 e. The van der Waals surface area contributed by atoms with Crippen LogP contribution in [0, 0.1) is 17.1 Å². The minimum atomic E-state index is -0.490. The molecular formula is C16H9FN6OS. The number of fused-ring (bicyclic) bond motifs is 2. The van der Waals surface area contributed by atoms with Gasteiger partial charge in [-0.3, -0.25) is 9.97 Å². The van der Waals surface area contributed by atoms with Crippen molar-refractivity contribution in [3.05, 3.63) is 64.1 Å². The van der Waals surface area contributed by atoms with Gasteiger partial charge in [-0.2, -0.15) is 14.9 Å². The van der Waals surface area contributed by atoms with E-state index in [1.807, 2.05) is 6.07 Å². The highest BCUT2D eigenvalue weighted by Crippen LogP contribution is 2.25. The second-order valence-corrected chi connectivity index (χ2v) is 6.15. The van der Waals surface area contributed by atoms with Gasteiger partial charge >= 0.3 is 5.69 Å². The number of nitrogens with one attached hydrogen (secondary N) is 1. The predicted octanol–water partition coefficient (Wildman–Crippen LogP) is 2.27. The molecule has 1 N–H and O–H groups in total. The lowest BCUT2D eigenvalue weighted by Gasteiger charge is -2.06. The molecule has 4 aromatic rings. The molecule has 0 aliphatic rings. The van der Waals surface area contributed by atoms with Crippen molar-refractivity contribution in [1.29, 1.82) is 5.26 Å². The number of hydrogen-bond donors (Lipinski definition) is 1. The summed E-state index contributed by atoms with van der Waals surface area (Å²) in [6.45, 7) is 0. The molecule has 0 atom stereocenters. The summed E-state index contributed by atoms with van der Waals surface area (Å²) in [4.78, 5) is 23.2. The molecule has 0 spiro atoms. The van der Waals surface area contributed by atoms with Crippen LogP contribution in [0.1, 0.15) is 11.1 Å². The second kappa shape index (κ2) is 5.99. The van der Waals surface area contributed by atoms with E-state index in [4.69, 9.17) is 5.26 Å². The Morgan fingerprint density at radius 1 is 1.40 bits per heavy atom. The minimum absolute atomic E-state index is 0.191. The molecule has 0 amide bonds. The third kappa shape index (κ3) is 2.72. The van der Waals surface area contributed by atoms with Gasteiger partial charge in [0.25, 0.3) is 0 Å². The van der Waals surface area contributed by atoms with Crippen LogP contribution in [-0.2, 0) is 5.75 Å². The quantitative estimate of drug-likeness (QED) is 0.568. The zero-order valence-electron chi connectivity index (χ0n) is 12.6. The molecular weight excluding hydrogens is 343 g/mol. The number of aromatic amines is 1. The molecule has 0 radical (unpaired) electrons. The maximum atomic E-state index is 13.8. The lowest BCUT2D eigenvalue weighted by Crippen LogP contribution is -2.19. The Bertz CT molecular complexity index is 1210. The number of nitrogens with zero attached hydrogens (tertiary/aromatic N) is 5. The van der Waals surface area contributed by atoms with Crippen molar-refractivity contribution in [3.8, 4) is 6.07 Å². The van der Waals surface area contributed by atoms with E-state index < -0.39 is 5.69 Å². The Morgan fingerprint density at radius 2 is 2.28 bits per heavy atom. The Morgan fingerprint density at radius 3 is 3.12 bits per heavy atom. The SMILES string of the molecule is N#Cc1cnn2c(=O)[nH]c(SCc3cc(F)cc4cccnc34)nc12. The molecule has 0 aliphatic carbocycles. The average molecular weight is 352 g/mol. The maximum absolute atomic E-state index is 13.8. The van der Waals surface area contributed by atoms with Gasteiger partial charge in [0.15, 0.2) is 10.8 Å². The van der Waals surface area contributed by atoms with Crippen molar-refractivity contribution in [2.24, 2.45) is 0 Å². The summed E-state index contributed by atoms with van der Waals surface area (Å²) in [5.41, 5.74) is 1.30. The Hall–Kier alpha value is -3.25. The first kappa shape index (κ1) is 15.3. The molecule has 3 aromatic heterocycles. The van der Waals surface area contributed by atoms with Crippen LogP contribution in [-0.4, -0.2) is 24.6 Å². The van der Waals surface area contributed by atoms with Gasteiger partial charge in [0.05, 0.1) is 11.7 Å². The van der Waals surface area contributed by atoms with Gasteiger partial charge in [-0.15, -0.1) is 0 Å². The summed E-state index contributed by atoms with van der Waals surface area (Å²) in [6, 6.07) is 8.32. The number of nitriles is 1. The summed E-state index contributed by atoms with van der Waals surface area (Å²) in [5.74, 6) is 0.0102. The van der Waals surface area contributed by atoms with Gasteiger partial charge in [-0.1, -0.05) is 17.8 Å². The molecule has 25 heavy (non-hydrogen) atoms. The first-order valence-electron chi connectivity index (χ1n) is 7.20. The lowest BCUT2D eigenvalue weighted by molar-refractivity contribution is 0.628. The lowest BCUT2D eigenvalue weighted by atomic mass is 10.1. The van der Waals surface area contributed by atoms with Crippen LogP contribution in [0.15, 0.2) is 46.6 Å². The van der Waals surface area contributed by atoms with Crippen molar-refractivity contribution in [3.63, 3.8) is 0 Å². The van der Waals surface area contributed by atoms with Crippen LogP contribution in [0.4, 0.5) is 4.39 Å². The van der Waals surface area contributed by atoms with Gasteiger partial charge in [0.2, 0.25) is 0 Å². The third-order valence-corrected chi connectivity index (χ3v) is 4.51. The van der Waals surface area contributed by atoms with Crippen molar-refractivity contribution in [1.82, 2.24) is 24.6 Å². The molecule has 0 bridgehead atoms. The molecule has 7 nitrogen and oxygen atoms in total. The summed E-state index contributed by atoms with van der Waals surface area (Å²) >= 11 is 1.22. The van der Waals surface area contributed by atoms with Crippen LogP contribution >= 0.6 is 11.8 Å². The fraction of sp³-hybridized carbons (Fsp3) is 0.0625. The standard InChI is InChI=1S/C16H9FN6OS/c17-12-4-9-2-1-3-19-13(9)10(5-12)8-25-15-21-14-11(6-18)7-20-23(14)16(24)22-15/h1-5,7H,8H2,(H,21,22,24). The summed E-state index contributed by atoms with van der Waals surface area (Å²) < 4.78 is 14.8. The van der Waals surface area contributed by atoms with Crippen molar-refractivity contribution in [2.45, 2.75) is 10.9 Å². The van der Waals surface area contributed by atoms with Crippen LogP contribution in [0.3, 0.4) is 0 Å². The second-order valence-electron chi connectivity index (χ2n) is 5.18. The molecule has 1 aromatic carbocycles. The smallest absolute Gasteiger partial charge is 0.285 e. The average Bonchev–Trinajstić information content (AvgIpc) is 3.03. The highest BCUT2D eigenvalue weighted by molar-refractivity contribution is 7.98. The summed E-state index contributed by atoms with van der Waals surface area (Å²) in [7, 11) is 0. The molecule has 4 rings (SSSR count). The largest absolute Gasteiger partial charge is 0.350 e. The molecule has 0 fully saturated rings. The third-order valence-electron chi connectivity index (χ3n) is 3.59. The van der Waals surface area contributed by atoms with Crippen LogP contribution in [0.25, 0.3) is 16.6 Å². The van der Waals surface area contributed by atoms with E-state index in [0.29, 0.717) is 27.4 Å². The number of hydrogen-bond acceptors (Lipinski definition) is 6. The molecule has 0 saturated carbocycles. The zero-order chi connectivity index (χ0) is 17.4. The van der Waals surface area contributed by atoms with Crippen molar-refractivity contribution >= 4 is 28.3 Å². The van der Waals surface area contributed by atoms with Crippen LogP contribution < -0.4 is 5.69 Å². The number of aromatic nitrogens is 5. The van der Waals surface area contributed by atoms with E-state index in [1.54, 1.807) is 18.3 Å². The fourth-order valence-corrected chi connectivity index (χ4v) is 3.32. The van der Waals surface area contributed by atoms with Crippen molar-refractivity contribution < 1.29 is 4.39 Å². The highest BCUT2D eigenvalue weighted by Gasteiger charge is 2.12. The van der Waals surface area contributed by atoms with Gasteiger partial charge in [-0.05, 0) is 23.8 Å². The van der Waals surface area contributed by atoms with Crippen LogP contribution in [0.5, 0.6) is 0 Å². The summed E-state index contributed by atoms with van der Waals surface area (Å²) in [5, 5.41) is 13.9. The molecule has 3 heterocycles. The molecule has 0 saturated heterocycles. The topological polar surface area (TPSA) is 99.7 Å². The first-order chi connectivity index (χ1) is 12.2. The normalized spacial score (nSPS) is 11.0. The maximum Gasteiger partial charge on any atom is 0.350 e. The number of pyridine rings is 1. The van der Waals surface area contributed by atoms with Gasteiger partial charge in [-0.25, -0.2) is 14.2 Å². The number of thioether (sulfide) groups is 1. The first-order valence-corrected chi connectivity index (χ1v) is 8.18. The van der Waals surface area contributed by atoms with E-state index in [2.05, 4.69) is 20.1 Å². The monoisotopic (exact) mass is 352 g/mol. The Balaban J connectivity index is 1.72. The van der Waals surface area contributed by atoms with Gasteiger partial charge in [0.1, 0.15) is 17.4 Å².